The predicted molar refractivity (Wildman–Crippen MR) is 104 cm³/mol. The Labute approximate surface area is 162 Å². The predicted octanol–water partition coefficient (Wildman–Crippen LogP) is 3.69. The quantitative estimate of drug-likeness (QED) is 0.540. The zero-order valence-corrected chi connectivity index (χ0v) is 16.8. The summed E-state index contributed by atoms with van der Waals surface area (Å²) in [4.78, 5) is 12.3. The van der Waals surface area contributed by atoms with Gasteiger partial charge >= 0.3 is 5.97 Å². The molecule has 0 radical (unpaired) electrons. The third-order valence-corrected chi connectivity index (χ3v) is 6.34. The Morgan fingerprint density at radius 3 is 2.00 bits per heavy atom. The van der Waals surface area contributed by atoms with Crippen molar-refractivity contribution in [2.24, 2.45) is 5.92 Å². The molecule has 0 amide bonds. The second-order valence-electron chi connectivity index (χ2n) is 6.39. The zero-order valence-electron chi connectivity index (χ0n) is 14.4. The summed E-state index contributed by atoms with van der Waals surface area (Å²) in [7, 11) is -3.19. The zero-order chi connectivity index (χ0) is 18.7. The van der Waals surface area contributed by atoms with Crippen molar-refractivity contribution in [2.75, 3.05) is 19.3 Å². The first kappa shape index (κ1) is 19.1. The van der Waals surface area contributed by atoms with E-state index in [0.29, 0.717) is 31.7 Å². The number of ether oxygens (including phenoxy) is 1. The number of hydrogen-bond donors (Lipinski definition) is 0. The molecule has 1 aliphatic heterocycles. The maximum Gasteiger partial charge on any atom is 0.314 e. The number of hydrogen-bond acceptors (Lipinski definition) is 4. The van der Waals surface area contributed by atoms with E-state index in [1.54, 1.807) is 12.1 Å². The van der Waals surface area contributed by atoms with Crippen LogP contribution >= 0.6 is 15.9 Å². The Morgan fingerprint density at radius 2 is 1.50 bits per heavy atom. The minimum absolute atomic E-state index is 0.265. The number of halogens is 1. The molecule has 1 heterocycles. The molecule has 0 N–H and O–H groups in total. The molecule has 0 aliphatic carbocycles. The monoisotopic (exact) mass is 437 g/mol. The van der Waals surface area contributed by atoms with Crippen LogP contribution in [0.2, 0.25) is 0 Å². The van der Waals surface area contributed by atoms with Crippen LogP contribution in [0.15, 0.2) is 53.0 Å². The third-order valence-electron chi connectivity index (χ3n) is 4.51. The van der Waals surface area contributed by atoms with E-state index in [1.165, 1.54) is 10.6 Å². The van der Waals surface area contributed by atoms with Crippen molar-refractivity contribution in [2.45, 2.75) is 12.8 Å². The molecule has 2 aromatic rings. The van der Waals surface area contributed by atoms with Gasteiger partial charge in [0.1, 0.15) is 5.75 Å². The van der Waals surface area contributed by atoms with Crippen molar-refractivity contribution in [1.82, 2.24) is 4.31 Å². The fraction of sp³-hybridized carbons (Fsp3) is 0.316. The van der Waals surface area contributed by atoms with Gasteiger partial charge in [0, 0.05) is 17.6 Å². The topological polar surface area (TPSA) is 63.7 Å². The summed E-state index contributed by atoms with van der Waals surface area (Å²) >= 11 is 3.42. The molecular formula is C19H20BrNO4S. The minimum Gasteiger partial charge on any atom is -0.426 e. The fourth-order valence-electron chi connectivity index (χ4n) is 2.98. The molecular weight excluding hydrogens is 418 g/mol. The van der Waals surface area contributed by atoms with E-state index in [9.17, 15) is 13.2 Å². The first-order valence-electron chi connectivity index (χ1n) is 8.36. The summed E-state index contributed by atoms with van der Waals surface area (Å²) in [6.45, 7) is 0.724. The number of piperidine rings is 1. The molecule has 0 aromatic heterocycles. The highest BCUT2D eigenvalue weighted by Crippen LogP contribution is 2.26. The summed E-state index contributed by atoms with van der Waals surface area (Å²) in [6, 6.07) is 15.4. The van der Waals surface area contributed by atoms with E-state index in [4.69, 9.17) is 4.74 Å². The van der Waals surface area contributed by atoms with Crippen molar-refractivity contribution in [3.05, 3.63) is 53.0 Å². The fourth-order valence-corrected chi connectivity index (χ4v) is 4.12. The van der Waals surface area contributed by atoms with Gasteiger partial charge < -0.3 is 4.74 Å². The molecule has 7 heteroatoms. The van der Waals surface area contributed by atoms with Gasteiger partial charge in [-0.15, -0.1) is 0 Å². The number of carbonyl (C=O) groups is 1. The van der Waals surface area contributed by atoms with Gasteiger partial charge in [-0.1, -0.05) is 40.2 Å². The Balaban J connectivity index is 1.59. The second-order valence-corrected chi connectivity index (χ2v) is 9.29. The van der Waals surface area contributed by atoms with Crippen molar-refractivity contribution in [3.63, 3.8) is 0 Å². The first-order chi connectivity index (χ1) is 12.3. The van der Waals surface area contributed by atoms with Gasteiger partial charge in [-0.05, 0) is 48.2 Å². The highest BCUT2D eigenvalue weighted by molar-refractivity contribution is 9.10. The van der Waals surface area contributed by atoms with Crippen LogP contribution in [0.5, 0.6) is 5.75 Å². The molecule has 3 rings (SSSR count). The van der Waals surface area contributed by atoms with Gasteiger partial charge in [0.25, 0.3) is 0 Å². The molecule has 138 valence electrons. The lowest BCUT2D eigenvalue weighted by Crippen LogP contribution is -2.40. The van der Waals surface area contributed by atoms with Gasteiger partial charge in [0.05, 0.1) is 12.2 Å². The molecule has 0 saturated carbocycles. The van der Waals surface area contributed by atoms with Crippen LogP contribution in [-0.4, -0.2) is 38.0 Å². The highest BCUT2D eigenvalue weighted by Gasteiger charge is 2.30. The summed E-state index contributed by atoms with van der Waals surface area (Å²) in [5, 5.41) is 0. The minimum atomic E-state index is -3.19. The van der Waals surface area contributed by atoms with Crippen LogP contribution in [0.3, 0.4) is 0 Å². The summed E-state index contributed by atoms with van der Waals surface area (Å²) < 4.78 is 31.0. The molecule has 0 spiro atoms. The number of nitrogens with zero attached hydrogens (tertiary/aromatic N) is 1. The summed E-state index contributed by atoms with van der Waals surface area (Å²) in [5.74, 6) is -0.0601. The van der Waals surface area contributed by atoms with Gasteiger partial charge in [-0.2, -0.15) is 0 Å². The van der Waals surface area contributed by atoms with E-state index in [0.717, 1.165) is 15.6 Å². The van der Waals surface area contributed by atoms with Crippen molar-refractivity contribution >= 4 is 31.9 Å². The van der Waals surface area contributed by atoms with Crippen molar-refractivity contribution in [3.8, 4) is 16.9 Å². The SMILES string of the molecule is CS(=O)(=O)N1CCC(C(=O)Oc2ccc(-c3ccc(Br)cc3)cc2)CC1. The molecule has 1 saturated heterocycles. The van der Waals surface area contributed by atoms with Crippen molar-refractivity contribution in [1.29, 1.82) is 0 Å². The second kappa shape index (κ2) is 7.90. The Kier molecular flexibility index (Phi) is 5.79. The van der Waals surface area contributed by atoms with E-state index >= 15 is 0 Å². The van der Waals surface area contributed by atoms with E-state index < -0.39 is 10.0 Å². The van der Waals surface area contributed by atoms with Crippen molar-refractivity contribution < 1.29 is 17.9 Å². The molecule has 2 aromatic carbocycles. The lowest BCUT2D eigenvalue weighted by atomic mass is 9.98. The number of esters is 1. The maximum atomic E-state index is 12.3. The first-order valence-corrected chi connectivity index (χ1v) is 11.0. The number of sulfonamides is 1. The van der Waals surface area contributed by atoms with E-state index in [-0.39, 0.29) is 11.9 Å². The largest absolute Gasteiger partial charge is 0.426 e. The normalized spacial score (nSPS) is 16.4. The molecule has 1 fully saturated rings. The van der Waals surface area contributed by atoms with E-state index in [2.05, 4.69) is 15.9 Å². The van der Waals surface area contributed by atoms with E-state index in [1.807, 2.05) is 36.4 Å². The van der Waals surface area contributed by atoms with Gasteiger partial charge in [-0.3, -0.25) is 4.79 Å². The standard InChI is InChI=1S/C19H20BrNO4S/c1-26(23,24)21-12-10-16(11-13-21)19(22)25-18-8-4-15(5-9-18)14-2-6-17(20)7-3-14/h2-9,16H,10-13H2,1H3. The Bertz CT molecular complexity index is 871. The van der Waals surface area contributed by atoms with Crippen LogP contribution < -0.4 is 4.74 Å². The van der Waals surface area contributed by atoms with Crippen LogP contribution in [0.25, 0.3) is 11.1 Å². The Morgan fingerprint density at radius 1 is 1.00 bits per heavy atom. The summed E-state index contributed by atoms with van der Waals surface area (Å²) in [5.41, 5.74) is 2.12. The average molecular weight is 438 g/mol. The van der Waals surface area contributed by atoms with Gasteiger partial charge in [0.2, 0.25) is 10.0 Å². The third kappa shape index (κ3) is 4.72. The average Bonchev–Trinajstić information content (AvgIpc) is 2.62. The maximum absolute atomic E-state index is 12.3. The highest BCUT2D eigenvalue weighted by atomic mass is 79.9. The number of carbonyl (C=O) groups excluding carboxylic acids is 1. The van der Waals surface area contributed by atoms with Crippen LogP contribution in [0, 0.1) is 5.92 Å². The van der Waals surface area contributed by atoms with Crippen LogP contribution in [0.4, 0.5) is 0 Å². The molecule has 0 atom stereocenters. The summed E-state index contributed by atoms with van der Waals surface area (Å²) in [6.07, 6.45) is 2.17. The molecule has 0 unspecified atom stereocenters. The number of benzene rings is 2. The lowest BCUT2D eigenvalue weighted by Gasteiger charge is -2.28. The Hall–Kier alpha value is -1.70. The van der Waals surface area contributed by atoms with Crippen LogP contribution in [-0.2, 0) is 14.8 Å². The van der Waals surface area contributed by atoms with Gasteiger partial charge in [-0.25, -0.2) is 12.7 Å². The van der Waals surface area contributed by atoms with Gasteiger partial charge in [0.15, 0.2) is 0 Å². The molecule has 26 heavy (non-hydrogen) atoms. The lowest BCUT2D eigenvalue weighted by molar-refractivity contribution is -0.140. The molecule has 0 bridgehead atoms. The molecule has 1 aliphatic rings. The smallest absolute Gasteiger partial charge is 0.314 e. The number of rotatable bonds is 4. The van der Waals surface area contributed by atoms with Crippen LogP contribution in [0.1, 0.15) is 12.8 Å². The molecule has 5 nitrogen and oxygen atoms in total.